The molecule has 1 aromatic heterocycles. The summed E-state index contributed by atoms with van der Waals surface area (Å²) < 4.78 is 22.0. The summed E-state index contributed by atoms with van der Waals surface area (Å²) in [4.78, 5) is 17.1. The maximum atomic E-state index is 14.4. The average molecular weight is 491 g/mol. The molecule has 7 heteroatoms. The predicted octanol–water partition coefficient (Wildman–Crippen LogP) is 5.12. The van der Waals surface area contributed by atoms with E-state index in [-0.39, 0.29) is 11.7 Å². The number of halogens is 1. The molecule has 3 aromatic rings. The molecule has 5 rings (SSSR count). The zero-order valence-corrected chi connectivity index (χ0v) is 21.3. The second-order valence-electron chi connectivity index (χ2n) is 10.1. The Hall–Kier alpha value is -3.19. The van der Waals surface area contributed by atoms with E-state index in [1.54, 1.807) is 13.2 Å². The van der Waals surface area contributed by atoms with Crippen molar-refractivity contribution in [2.24, 2.45) is 5.92 Å². The molecule has 2 aliphatic rings. The molecular weight excluding hydrogens is 455 g/mol. The molecule has 2 heterocycles. The van der Waals surface area contributed by atoms with Crippen LogP contribution in [0, 0.1) is 11.7 Å². The predicted molar refractivity (Wildman–Crippen MR) is 137 cm³/mol. The molecule has 36 heavy (non-hydrogen) atoms. The lowest BCUT2D eigenvalue weighted by Crippen LogP contribution is -2.32. The molecule has 190 valence electrons. The van der Waals surface area contributed by atoms with Crippen LogP contribution < -0.4 is 4.74 Å². The number of hydrogen-bond donors (Lipinski definition) is 0. The van der Waals surface area contributed by atoms with Gasteiger partial charge in [-0.2, -0.15) is 5.10 Å². The molecule has 0 atom stereocenters. The Kier molecular flexibility index (Phi) is 7.37. The Labute approximate surface area is 212 Å². The lowest BCUT2D eigenvalue weighted by atomic mass is 10.0. The first kappa shape index (κ1) is 24.5. The third-order valence-electron chi connectivity index (χ3n) is 7.64. The molecule has 0 spiro atoms. The Morgan fingerprint density at radius 1 is 1.14 bits per heavy atom. The molecule has 1 saturated carbocycles. The van der Waals surface area contributed by atoms with E-state index in [1.165, 1.54) is 18.9 Å². The number of carbonyl (C=O) groups is 1. The molecule has 1 amide bonds. The fourth-order valence-electron chi connectivity index (χ4n) is 5.61. The van der Waals surface area contributed by atoms with Crippen molar-refractivity contribution in [3.05, 3.63) is 76.9 Å². The highest BCUT2D eigenvalue weighted by molar-refractivity contribution is 5.76. The van der Waals surface area contributed by atoms with Gasteiger partial charge in [-0.25, -0.2) is 9.07 Å². The van der Waals surface area contributed by atoms with E-state index >= 15 is 0 Å². The number of methoxy groups -OCH3 is 1. The minimum absolute atomic E-state index is 0.175. The number of rotatable bonds is 8. The summed E-state index contributed by atoms with van der Waals surface area (Å²) in [5.41, 5.74) is 4.75. The second kappa shape index (κ2) is 10.8. The molecule has 2 aromatic carbocycles. The van der Waals surface area contributed by atoms with Crippen LogP contribution in [0.4, 0.5) is 4.39 Å². The van der Waals surface area contributed by atoms with E-state index < -0.39 is 0 Å². The SMILES string of the molecule is COc1ccccc1-n1nc(CN(C)C(=O)CC2CCCC2)c2c1CCN(Cc1ccccc1F)C2. The number of aromatic nitrogens is 2. The normalized spacial score (nSPS) is 16.2. The third kappa shape index (κ3) is 5.16. The summed E-state index contributed by atoms with van der Waals surface area (Å²) in [7, 11) is 3.55. The summed E-state index contributed by atoms with van der Waals surface area (Å²) in [6.45, 7) is 2.47. The van der Waals surface area contributed by atoms with Crippen LogP contribution in [0.15, 0.2) is 48.5 Å². The first-order valence-corrected chi connectivity index (χ1v) is 13.0. The van der Waals surface area contributed by atoms with Gasteiger partial charge >= 0.3 is 0 Å². The van der Waals surface area contributed by atoms with Gasteiger partial charge in [-0.1, -0.05) is 43.2 Å². The van der Waals surface area contributed by atoms with E-state index in [1.807, 2.05) is 53.0 Å². The minimum atomic E-state index is -0.175. The van der Waals surface area contributed by atoms with Crippen LogP contribution in [-0.4, -0.2) is 46.2 Å². The summed E-state index contributed by atoms with van der Waals surface area (Å²) in [5.74, 6) is 1.28. The Balaban J connectivity index is 1.43. The highest BCUT2D eigenvalue weighted by Crippen LogP contribution is 2.32. The zero-order chi connectivity index (χ0) is 25.1. The summed E-state index contributed by atoms with van der Waals surface area (Å²) in [5, 5.41) is 5.03. The number of fused-ring (bicyclic) bond motifs is 1. The zero-order valence-electron chi connectivity index (χ0n) is 21.3. The first-order chi connectivity index (χ1) is 17.5. The molecule has 0 saturated heterocycles. The van der Waals surface area contributed by atoms with Gasteiger partial charge in [0, 0.05) is 50.7 Å². The van der Waals surface area contributed by atoms with Gasteiger partial charge in [-0.3, -0.25) is 9.69 Å². The van der Waals surface area contributed by atoms with Crippen LogP contribution in [0.2, 0.25) is 0 Å². The fraction of sp³-hybridized carbons (Fsp3) is 0.448. The van der Waals surface area contributed by atoms with Crippen molar-refractivity contribution in [2.75, 3.05) is 20.7 Å². The van der Waals surface area contributed by atoms with E-state index in [2.05, 4.69) is 4.90 Å². The van der Waals surface area contributed by atoms with Gasteiger partial charge < -0.3 is 9.64 Å². The van der Waals surface area contributed by atoms with E-state index in [4.69, 9.17) is 9.84 Å². The maximum Gasteiger partial charge on any atom is 0.222 e. The van der Waals surface area contributed by atoms with Crippen LogP contribution in [-0.2, 0) is 30.8 Å². The van der Waals surface area contributed by atoms with Gasteiger partial charge in [0.2, 0.25) is 5.91 Å². The van der Waals surface area contributed by atoms with Gasteiger partial charge in [-0.15, -0.1) is 0 Å². The largest absolute Gasteiger partial charge is 0.494 e. The van der Waals surface area contributed by atoms with E-state index in [0.29, 0.717) is 37.5 Å². The number of hydrogen-bond acceptors (Lipinski definition) is 4. The number of carbonyl (C=O) groups excluding carboxylic acids is 1. The molecule has 0 unspecified atom stereocenters. The summed E-state index contributed by atoms with van der Waals surface area (Å²) in [6.07, 6.45) is 6.18. The van der Waals surface area contributed by atoms with Crippen molar-refractivity contribution < 1.29 is 13.9 Å². The van der Waals surface area contributed by atoms with Crippen LogP contribution in [0.3, 0.4) is 0 Å². The quantitative estimate of drug-likeness (QED) is 0.440. The molecule has 0 radical (unpaired) electrons. The van der Waals surface area contributed by atoms with E-state index in [9.17, 15) is 9.18 Å². The highest BCUT2D eigenvalue weighted by Gasteiger charge is 2.28. The van der Waals surface area contributed by atoms with Crippen molar-refractivity contribution in [1.82, 2.24) is 19.6 Å². The molecule has 0 N–H and O–H groups in total. The van der Waals surface area contributed by atoms with Gasteiger partial charge in [0.05, 0.1) is 25.0 Å². The Bertz CT molecular complexity index is 1220. The lowest BCUT2D eigenvalue weighted by Gasteiger charge is -2.28. The number of amides is 1. The molecule has 1 aliphatic carbocycles. The standard InChI is InChI=1S/C29H35FN4O2/c1-32(29(35)17-21-9-3-4-10-21)20-25-23-19-33(18-22-11-5-6-12-24(22)30)16-15-26(23)34(31-25)27-13-7-8-14-28(27)36-2/h5-8,11-14,21H,3-4,9-10,15-20H2,1-2H3. The van der Waals surface area contributed by atoms with Crippen LogP contribution in [0.1, 0.15) is 54.6 Å². The Morgan fingerprint density at radius 3 is 2.67 bits per heavy atom. The molecular formula is C29H35FN4O2. The summed E-state index contributed by atoms with van der Waals surface area (Å²) >= 11 is 0. The Morgan fingerprint density at radius 2 is 1.89 bits per heavy atom. The van der Waals surface area contributed by atoms with Crippen molar-refractivity contribution in [3.8, 4) is 11.4 Å². The number of ether oxygens (including phenoxy) is 1. The van der Waals surface area contributed by atoms with Crippen molar-refractivity contribution in [1.29, 1.82) is 0 Å². The van der Waals surface area contributed by atoms with Gasteiger partial charge in [0.15, 0.2) is 0 Å². The van der Waals surface area contributed by atoms with Crippen molar-refractivity contribution in [3.63, 3.8) is 0 Å². The highest BCUT2D eigenvalue weighted by atomic mass is 19.1. The number of benzene rings is 2. The maximum absolute atomic E-state index is 14.4. The van der Waals surface area contributed by atoms with Crippen LogP contribution in [0.25, 0.3) is 5.69 Å². The smallest absolute Gasteiger partial charge is 0.222 e. The molecule has 6 nitrogen and oxygen atoms in total. The average Bonchev–Trinajstić information content (AvgIpc) is 3.53. The fourth-order valence-corrected chi connectivity index (χ4v) is 5.61. The number of para-hydroxylation sites is 2. The van der Waals surface area contributed by atoms with E-state index in [0.717, 1.165) is 54.2 Å². The van der Waals surface area contributed by atoms with Crippen LogP contribution >= 0.6 is 0 Å². The van der Waals surface area contributed by atoms with Gasteiger partial charge in [-0.05, 0) is 37.0 Å². The van der Waals surface area contributed by atoms with Gasteiger partial charge in [0.1, 0.15) is 17.3 Å². The van der Waals surface area contributed by atoms with Crippen molar-refractivity contribution >= 4 is 5.91 Å². The van der Waals surface area contributed by atoms with Crippen LogP contribution in [0.5, 0.6) is 5.75 Å². The molecule has 1 aliphatic heterocycles. The molecule has 0 bridgehead atoms. The topological polar surface area (TPSA) is 50.6 Å². The lowest BCUT2D eigenvalue weighted by molar-refractivity contribution is -0.131. The van der Waals surface area contributed by atoms with Crippen molar-refractivity contribution in [2.45, 2.75) is 58.2 Å². The third-order valence-corrected chi connectivity index (χ3v) is 7.64. The molecule has 1 fully saturated rings. The number of nitrogens with zero attached hydrogens (tertiary/aromatic N) is 4. The monoisotopic (exact) mass is 490 g/mol. The summed E-state index contributed by atoms with van der Waals surface area (Å²) in [6, 6.07) is 14.8. The minimum Gasteiger partial charge on any atom is -0.494 e. The first-order valence-electron chi connectivity index (χ1n) is 13.0. The second-order valence-corrected chi connectivity index (χ2v) is 10.1. The van der Waals surface area contributed by atoms with Gasteiger partial charge in [0.25, 0.3) is 0 Å².